The van der Waals surface area contributed by atoms with Crippen LogP contribution < -0.4 is 62.2 Å². The maximum atomic E-state index is 2.67. The summed E-state index contributed by atoms with van der Waals surface area (Å²) < 4.78 is 0. The Bertz CT molecular complexity index is 6520. The molecule has 24 rings (SSSR count). The molecule has 0 saturated carbocycles. The van der Waals surface area contributed by atoms with Crippen molar-refractivity contribution in [1.82, 2.24) is 0 Å². The van der Waals surface area contributed by atoms with Crippen molar-refractivity contribution in [3.05, 3.63) is 374 Å². The van der Waals surface area contributed by atoms with Gasteiger partial charge in [-0.05, 0) is 240 Å². The van der Waals surface area contributed by atoms with Gasteiger partial charge in [-0.1, -0.05) is 251 Å². The molecule has 8 heterocycles. The van der Waals surface area contributed by atoms with Gasteiger partial charge in [0, 0.05) is 98.7 Å². The fourth-order valence-corrected chi connectivity index (χ4v) is 22.5. The molecule has 0 spiro atoms. The number of para-hydroxylation sites is 10. The van der Waals surface area contributed by atoms with Crippen molar-refractivity contribution in [3.63, 3.8) is 0 Å². The largest absolute Gasteiger partial charge is 0.311 e. The van der Waals surface area contributed by atoms with Gasteiger partial charge in [0.1, 0.15) is 0 Å². The SMILES string of the molecule is CC1(C)c2ccccc2N2c3cc(-c4ccc(N(c5ccccc5)c5ccccc5)cc4)cc4c3B(c3cccc1c32)c1cc(-c2cccc(N(c3ccccc3)c3ccc(-c5cc6c7c(c5)N5c8ccccc8Sc8cccc(c85)B7c5cccc7c5N6c5ccccc5S7)cc3)c2)cc2c1N4c1ccccc1C2(C)C. The molecule has 0 aliphatic carbocycles. The predicted molar refractivity (Wildman–Crippen MR) is 473 cm³/mol. The standard InChI is InChI=1S/C102H70B2N6S2/c1-101(2)75-34-14-16-40-83(75)107-87-59-67(63-48-52-72(53-49-63)105(69-27-8-5-9-28-69)70-29-10-6-11-30-70)60-88-96(87)104(79-37-23-36-77(101)97(79)107)82-58-66(57-78-98(82)108(88)84-41-17-15-35-76(84)102(78,3)4)65-26-22-33-74(56-65)106(71-31-12-7-13-32-71)73-54-50-64(51-55-73)68-61-89-95-90(62-68)110-86-43-19-21-45-92(86)112-94-47-25-39-81(100(94)110)103(95)80-38-24-46-93-99(80)109(89)85-42-18-20-44-91(85)111-93/h5-62H,1-4H3. The Morgan fingerprint density at radius 1 is 0.223 bits per heavy atom. The first-order valence-corrected chi connectivity index (χ1v) is 40.7. The number of hydrogen-bond donors (Lipinski definition) is 0. The molecule has 6 nitrogen and oxygen atoms in total. The van der Waals surface area contributed by atoms with Gasteiger partial charge in [-0.15, -0.1) is 0 Å². The first-order valence-electron chi connectivity index (χ1n) is 39.0. The molecule has 0 unspecified atom stereocenters. The second kappa shape index (κ2) is 23.8. The average Bonchev–Trinajstić information content (AvgIpc) is 0.671. The number of anilines is 18. The lowest BCUT2D eigenvalue weighted by atomic mass is 9.32. The molecule has 526 valence electrons. The third-order valence-electron chi connectivity index (χ3n) is 25.3. The topological polar surface area (TPSA) is 19.4 Å². The molecule has 10 heteroatoms. The molecule has 0 saturated heterocycles. The van der Waals surface area contributed by atoms with Crippen LogP contribution in [0.5, 0.6) is 0 Å². The lowest BCUT2D eigenvalue weighted by Gasteiger charge is -2.52. The Morgan fingerprint density at radius 3 is 1.05 bits per heavy atom. The number of benzene rings is 16. The molecule has 8 aliphatic heterocycles. The molecule has 0 atom stereocenters. The highest BCUT2D eigenvalue weighted by Crippen LogP contribution is 2.61. The zero-order chi connectivity index (χ0) is 74.0. The van der Waals surface area contributed by atoms with Crippen LogP contribution in [0.1, 0.15) is 49.9 Å². The molecule has 0 amide bonds. The molecule has 16 aromatic rings. The van der Waals surface area contributed by atoms with Crippen LogP contribution in [0.3, 0.4) is 0 Å². The van der Waals surface area contributed by atoms with Crippen LogP contribution in [0.15, 0.2) is 371 Å². The van der Waals surface area contributed by atoms with Crippen molar-refractivity contribution in [2.45, 2.75) is 58.1 Å². The number of hydrogen-bond acceptors (Lipinski definition) is 8. The van der Waals surface area contributed by atoms with Crippen LogP contribution in [0.2, 0.25) is 0 Å². The predicted octanol–water partition coefficient (Wildman–Crippen LogP) is 24.0. The molecule has 0 bridgehead atoms. The zero-order valence-corrected chi connectivity index (χ0v) is 63.8. The first-order chi connectivity index (χ1) is 55.1. The summed E-state index contributed by atoms with van der Waals surface area (Å²) in [5.41, 5.74) is 41.2. The lowest BCUT2D eigenvalue weighted by Crippen LogP contribution is -2.63. The van der Waals surface area contributed by atoms with Crippen molar-refractivity contribution < 1.29 is 0 Å². The molecule has 0 N–H and O–H groups in total. The maximum absolute atomic E-state index is 2.67. The van der Waals surface area contributed by atoms with E-state index in [9.17, 15) is 0 Å². The van der Waals surface area contributed by atoms with E-state index in [4.69, 9.17) is 0 Å². The van der Waals surface area contributed by atoms with Gasteiger partial charge in [0.25, 0.3) is 13.4 Å². The molecule has 112 heavy (non-hydrogen) atoms. The normalized spacial score (nSPS) is 14.8. The fourth-order valence-electron chi connectivity index (χ4n) is 20.3. The van der Waals surface area contributed by atoms with Crippen LogP contribution in [0, 0.1) is 0 Å². The van der Waals surface area contributed by atoms with Gasteiger partial charge in [-0.25, -0.2) is 0 Å². The molecule has 8 aliphatic rings. The summed E-state index contributed by atoms with van der Waals surface area (Å²) >= 11 is 3.79. The minimum Gasteiger partial charge on any atom is -0.311 e. The second-order valence-corrected chi connectivity index (χ2v) is 34.1. The quantitative estimate of drug-likeness (QED) is 0.132. The number of nitrogens with zero attached hydrogens (tertiary/aromatic N) is 6. The van der Waals surface area contributed by atoms with Gasteiger partial charge in [-0.3, -0.25) is 0 Å². The van der Waals surface area contributed by atoms with Gasteiger partial charge in [0.05, 0.1) is 34.1 Å². The second-order valence-electron chi connectivity index (χ2n) is 31.9. The van der Waals surface area contributed by atoms with Crippen LogP contribution in [-0.4, -0.2) is 13.4 Å². The van der Waals surface area contributed by atoms with E-state index in [-0.39, 0.29) is 24.3 Å². The maximum Gasteiger partial charge on any atom is 0.252 e. The smallest absolute Gasteiger partial charge is 0.252 e. The Labute approximate surface area is 662 Å². The van der Waals surface area contributed by atoms with E-state index < -0.39 is 0 Å². The van der Waals surface area contributed by atoms with Crippen molar-refractivity contribution >= 4 is 172 Å². The summed E-state index contributed by atoms with van der Waals surface area (Å²) in [4.78, 5) is 20.4. The molecular weight excluding hydrogens is 1390 g/mol. The summed E-state index contributed by atoms with van der Waals surface area (Å²) in [5, 5.41) is 0. The summed E-state index contributed by atoms with van der Waals surface area (Å²) in [5.74, 6) is 0. The monoisotopic (exact) mass is 1460 g/mol. The minimum atomic E-state index is -0.384. The Morgan fingerprint density at radius 2 is 0.562 bits per heavy atom. The van der Waals surface area contributed by atoms with Gasteiger partial charge in [0.15, 0.2) is 0 Å². The highest BCUT2D eigenvalue weighted by Gasteiger charge is 2.53. The molecular formula is C102H70B2N6S2. The van der Waals surface area contributed by atoms with Crippen LogP contribution >= 0.6 is 23.5 Å². The molecule has 0 radical (unpaired) electrons. The van der Waals surface area contributed by atoms with Crippen LogP contribution in [0.25, 0.3) is 33.4 Å². The summed E-state index contributed by atoms with van der Waals surface area (Å²) in [6.45, 7) is 9.71. The Balaban J connectivity index is 0.665. The van der Waals surface area contributed by atoms with Crippen molar-refractivity contribution in [3.8, 4) is 33.4 Å². The van der Waals surface area contributed by atoms with Gasteiger partial charge in [0.2, 0.25) is 0 Å². The van der Waals surface area contributed by atoms with Gasteiger partial charge < -0.3 is 29.4 Å². The Hall–Kier alpha value is -12.9. The van der Waals surface area contributed by atoms with Crippen molar-refractivity contribution in [1.29, 1.82) is 0 Å². The zero-order valence-electron chi connectivity index (χ0n) is 62.1. The van der Waals surface area contributed by atoms with Gasteiger partial charge in [-0.2, -0.15) is 0 Å². The third-order valence-corrected chi connectivity index (χ3v) is 27.5. The van der Waals surface area contributed by atoms with E-state index in [1.54, 1.807) is 0 Å². The molecule has 0 fully saturated rings. The number of fused-ring (bicyclic) bond motifs is 16. The Kier molecular flexibility index (Phi) is 13.6. The van der Waals surface area contributed by atoms with Gasteiger partial charge >= 0.3 is 0 Å². The highest BCUT2D eigenvalue weighted by molar-refractivity contribution is 8.00. The highest BCUT2D eigenvalue weighted by atomic mass is 32.2. The van der Waals surface area contributed by atoms with Crippen LogP contribution in [-0.2, 0) is 10.8 Å². The summed E-state index contributed by atoms with van der Waals surface area (Å²) in [6, 6.07) is 133. The average molecular weight is 1470 g/mol. The van der Waals surface area contributed by atoms with E-state index in [1.165, 1.54) is 160 Å². The summed E-state index contributed by atoms with van der Waals surface area (Å²) in [6.07, 6.45) is 0. The van der Waals surface area contributed by atoms with E-state index in [1.807, 2.05) is 23.5 Å². The summed E-state index contributed by atoms with van der Waals surface area (Å²) in [7, 11) is 0. The first kappa shape index (κ1) is 64.0. The molecule has 0 aromatic heterocycles. The van der Waals surface area contributed by atoms with E-state index in [2.05, 4.69) is 409 Å². The molecule has 16 aromatic carbocycles. The van der Waals surface area contributed by atoms with Crippen molar-refractivity contribution in [2.75, 3.05) is 29.4 Å². The van der Waals surface area contributed by atoms with Crippen LogP contribution in [0.4, 0.5) is 102 Å². The minimum absolute atomic E-state index is 0.0511. The number of rotatable bonds is 9. The van der Waals surface area contributed by atoms with E-state index in [0.29, 0.717) is 0 Å². The fraction of sp³-hybridized carbons (Fsp3) is 0.0588. The van der Waals surface area contributed by atoms with E-state index in [0.717, 1.165) is 50.8 Å². The third kappa shape index (κ3) is 9.04. The van der Waals surface area contributed by atoms with E-state index >= 15 is 0 Å². The van der Waals surface area contributed by atoms with Crippen molar-refractivity contribution in [2.24, 2.45) is 0 Å². The lowest BCUT2D eigenvalue weighted by molar-refractivity contribution is 0.632.